The van der Waals surface area contributed by atoms with Crippen molar-refractivity contribution >= 4 is 22.4 Å². The molecule has 0 unspecified atom stereocenters. The Bertz CT molecular complexity index is 1360. The van der Waals surface area contributed by atoms with Gasteiger partial charge in [-0.3, -0.25) is 9.59 Å². The van der Waals surface area contributed by atoms with Gasteiger partial charge >= 0.3 is 0 Å². The predicted octanol–water partition coefficient (Wildman–Crippen LogP) is 4.47. The van der Waals surface area contributed by atoms with Crippen molar-refractivity contribution in [2.75, 3.05) is 26.6 Å². The van der Waals surface area contributed by atoms with Crippen LogP contribution in [0.3, 0.4) is 0 Å². The Labute approximate surface area is 184 Å². The monoisotopic (exact) mass is 430 g/mol. The number of aromatic amines is 1. The fourth-order valence-corrected chi connectivity index (χ4v) is 3.57. The highest BCUT2D eigenvalue weighted by molar-refractivity contribution is 6.05. The van der Waals surface area contributed by atoms with Crippen LogP contribution >= 0.6 is 0 Å². The summed E-state index contributed by atoms with van der Waals surface area (Å²) in [6.07, 6.45) is 0. The number of carbonyl (C=O) groups excluding carboxylic acids is 1. The second-order valence-corrected chi connectivity index (χ2v) is 7.01. The van der Waals surface area contributed by atoms with E-state index in [4.69, 9.17) is 14.2 Å². The highest BCUT2D eigenvalue weighted by Crippen LogP contribution is 2.42. The molecular weight excluding hydrogens is 408 g/mol. The van der Waals surface area contributed by atoms with Crippen molar-refractivity contribution in [3.63, 3.8) is 0 Å². The van der Waals surface area contributed by atoms with Crippen LogP contribution in [0.2, 0.25) is 0 Å². The Hall–Kier alpha value is -4.26. The van der Waals surface area contributed by atoms with Gasteiger partial charge in [-0.25, -0.2) is 0 Å². The first-order valence-electron chi connectivity index (χ1n) is 9.88. The minimum absolute atomic E-state index is 0.0219. The highest BCUT2D eigenvalue weighted by atomic mass is 16.5. The number of rotatable bonds is 6. The minimum Gasteiger partial charge on any atom is -0.493 e. The quantitative estimate of drug-likeness (QED) is 0.471. The van der Waals surface area contributed by atoms with Gasteiger partial charge in [-0.15, -0.1) is 0 Å². The molecule has 0 aliphatic heterocycles. The summed E-state index contributed by atoms with van der Waals surface area (Å²) < 4.78 is 16.0. The Morgan fingerprint density at radius 3 is 2.25 bits per heavy atom. The lowest BCUT2D eigenvalue weighted by molar-refractivity contribution is 0.102. The van der Waals surface area contributed by atoms with Gasteiger partial charge in [0.25, 0.3) is 11.5 Å². The molecule has 0 fully saturated rings. The molecule has 32 heavy (non-hydrogen) atoms. The van der Waals surface area contributed by atoms with Gasteiger partial charge in [0.1, 0.15) is 5.56 Å². The van der Waals surface area contributed by atoms with Crippen LogP contribution in [0.25, 0.3) is 22.0 Å². The molecule has 0 spiro atoms. The second kappa shape index (κ2) is 8.85. The summed E-state index contributed by atoms with van der Waals surface area (Å²) in [5, 5.41) is 4.88. The summed E-state index contributed by atoms with van der Waals surface area (Å²) in [6.45, 7) is 0. The van der Waals surface area contributed by atoms with Gasteiger partial charge in [0, 0.05) is 5.69 Å². The molecule has 0 aliphatic rings. The number of anilines is 1. The van der Waals surface area contributed by atoms with Crippen molar-refractivity contribution < 1.29 is 19.0 Å². The number of aromatic nitrogens is 1. The normalized spacial score (nSPS) is 10.6. The van der Waals surface area contributed by atoms with E-state index in [0.717, 1.165) is 16.3 Å². The number of methoxy groups -OCH3 is 3. The van der Waals surface area contributed by atoms with Crippen LogP contribution in [0.4, 0.5) is 5.69 Å². The molecule has 162 valence electrons. The maximum Gasteiger partial charge on any atom is 0.261 e. The van der Waals surface area contributed by atoms with E-state index < -0.39 is 11.5 Å². The molecule has 2 N–H and O–H groups in total. The summed E-state index contributed by atoms with van der Waals surface area (Å²) in [6, 6.07) is 20.4. The molecule has 0 saturated carbocycles. The molecule has 0 bridgehead atoms. The third-order valence-corrected chi connectivity index (χ3v) is 5.17. The fourth-order valence-electron chi connectivity index (χ4n) is 3.57. The SMILES string of the molecule is COc1ccc(NC(=O)c2ccc(-c3ccc4ccccc4c3)[nH]c2=O)c(OC)c1OC. The summed E-state index contributed by atoms with van der Waals surface area (Å²) in [5.74, 6) is 0.527. The number of pyridine rings is 1. The average Bonchev–Trinajstić information content (AvgIpc) is 2.83. The fraction of sp³-hybridized carbons (Fsp3) is 0.120. The van der Waals surface area contributed by atoms with Crippen LogP contribution in [0.15, 0.2) is 71.5 Å². The molecule has 4 rings (SSSR count). The Morgan fingerprint density at radius 2 is 1.56 bits per heavy atom. The van der Waals surface area contributed by atoms with Gasteiger partial charge in [0.05, 0.1) is 27.0 Å². The van der Waals surface area contributed by atoms with Crippen LogP contribution in [-0.2, 0) is 0 Å². The number of fused-ring (bicyclic) bond motifs is 1. The molecule has 0 saturated heterocycles. The number of benzene rings is 3. The Kier molecular flexibility index (Phi) is 5.81. The van der Waals surface area contributed by atoms with Crippen molar-refractivity contribution in [2.45, 2.75) is 0 Å². The lowest BCUT2D eigenvalue weighted by atomic mass is 10.0. The maximum absolute atomic E-state index is 12.8. The van der Waals surface area contributed by atoms with Crippen LogP contribution in [-0.4, -0.2) is 32.2 Å². The number of nitrogens with one attached hydrogen (secondary N) is 2. The van der Waals surface area contributed by atoms with Gasteiger partial charge in [0.2, 0.25) is 5.75 Å². The number of hydrogen-bond donors (Lipinski definition) is 2. The van der Waals surface area contributed by atoms with Gasteiger partial charge in [-0.2, -0.15) is 0 Å². The second-order valence-electron chi connectivity index (χ2n) is 7.01. The smallest absolute Gasteiger partial charge is 0.261 e. The number of amides is 1. The van der Waals surface area contributed by atoms with Crippen molar-refractivity contribution in [1.82, 2.24) is 4.98 Å². The van der Waals surface area contributed by atoms with Crippen molar-refractivity contribution in [3.8, 4) is 28.5 Å². The molecule has 7 nitrogen and oxygen atoms in total. The van der Waals surface area contributed by atoms with E-state index in [9.17, 15) is 9.59 Å². The zero-order valence-corrected chi connectivity index (χ0v) is 17.9. The molecule has 7 heteroatoms. The van der Waals surface area contributed by atoms with E-state index in [0.29, 0.717) is 28.6 Å². The first-order valence-corrected chi connectivity index (χ1v) is 9.88. The highest BCUT2D eigenvalue weighted by Gasteiger charge is 2.19. The van der Waals surface area contributed by atoms with Crippen LogP contribution in [0, 0.1) is 0 Å². The van der Waals surface area contributed by atoms with E-state index in [2.05, 4.69) is 10.3 Å². The van der Waals surface area contributed by atoms with Crippen molar-refractivity contribution in [2.24, 2.45) is 0 Å². The molecule has 1 amide bonds. The van der Waals surface area contributed by atoms with Gasteiger partial charge in [-0.05, 0) is 46.7 Å². The molecule has 1 aromatic heterocycles. The Morgan fingerprint density at radius 1 is 0.812 bits per heavy atom. The van der Waals surface area contributed by atoms with Crippen LogP contribution < -0.4 is 25.1 Å². The molecule has 0 radical (unpaired) electrons. The van der Waals surface area contributed by atoms with Crippen LogP contribution in [0.5, 0.6) is 17.2 Å². The summed E-state index contributed by atoms with van der Waals surface area (Å²) in [7, 11) is 4.44. The molecule has 3 aromatic carbocycles. The third kappa shape index (κ3) is 3.88. The largest absolute Gasteiger partial charge is 0.493 e. The first kappa shape index (κ1) is 21.0. The number of hydrogen-bond acceptors (Lipinski definition) is 5. The Balaban J connectivity index is 1.63. The minimum atomic E-state index is -0.568. The molecular formula is C25H22N2O5. The van der Waals surface area contributed by atoms with Gasteiger partial charge < -0.3 is 24.5 Å². The van der Waals surface area contributed by atoms with E-state index >= 15 is 0 Å². The summed E-state index contributed by atoms with van der Waals surface area (Å²) in [5.41, 5.74) is 1.32. The molecule has 4 aromatic rings. The van der Waals surface area contributed by atoms with Crippen molar-refractivity contribution in [3.05, 3.63) is 82.6 Å². The predicted molar refractivity (Wildman–Crippen MR) is 124 cm³/mol. The maximum atomic E-state index is 12.8. The van der Waals surface area contributed by atoms with Crippen molar-refractivity contribution in [1.29, 1.82) is 0 Å². The van der Waals surface area contributed by atoms with E-state index in [-0.39, 0.29) is 5.56 Å². The zero-order valence-electron chi connectivity index (χ0n) is 17.9. The van der Waals surface area contributed by atoms with Gasteiger partial charge in [0.15, 0.2) is 11.5 Å². The lowest BCUT2D eigenvalue weighted by Crippen LogP contribution is -2.23. The first-order chi connectivity index (χ1) is 15.5. The van der Waals surface area contributed by atoms with Crippen LogP contribution in [0.1, 0.15) is 10.4 Å². The molecule has 0 aliphatic carbocycles. The average molecular weight is 430 g/mol. The zero-order chi connectivity index (χ0) is 22.7. The number of carbonyl (C=O) groups is 1. The summed E-state index contributed by atoms with van der Waals surface area (Å²) >= 11 is 0. The standard InChI is InChI=1S/C25H22N2O5/c1-30-21-13-12-20(22(31-2)23(21)32-3)27-25(29)18-10-11-19(26-24(18)28)17-9-8-15-6-4-5-7-16(15)14-17/h4-14H,1-3H3,(H,26,28)(H,27,29). The molecule has 1 heterocycles. The van der Waals surface area contributed by atoms with E-state index in [1.165, 1.54) is 27.4 Å². The summed E-state index contributed by atoms with van der Waals surface area (Å²) in [4.78, 5) is 28.3. The third-order valence-electron chi connectivity index (χ3n) is 5.17. The van der Waals surface area contributed by atoms with E-state index in [1.54, 1.807) is 18.2 Å². The number of H-pyrrole nitrogens is 1. The number of ether oxygens (including phenoxy) is 3. The lowest BCUT2D eigenvalue weighted by Gasteiger charge is -2.16. The molecule has 0 atom stereocenters. The topological polar surface area (TPSA) is 89.7 Å². The van der Waals surface area contributed by atoms with E-state index in [1.807, 2.05) is 42.5 Å². The van der Waals surface area contributed by atoms with Gasteiger partial charge in [-0.1, -0.05) is 36.4 Å².